The fraction of sp³-hybridized carbons (Fsp3) is 0.479. The van der Waals surface area contributed by atoms with E-state index in [1.807, 2.05) is 0 Å². The van der Waals surface area contributed by atoms with Crippen molar-refractivity contribution in [3.63, 3.8) is 0 Å². The van der Waals surface area contributed by atoms with Crippen LogP contribution in [0.4, 0.5) is 5.69 Å². The van der Waals surface area contributed by atoms with Crippen LogP contribution in [0.5, 0.6) is 5.75 Å². The lowest BCUT2D eigenvalue weighted by atomic mass is 9.65. The topological polar surface area (TPSA) is 26.5 Å². The third kappa shape index (κ3) is 8.45. The second-order valence-corrected chi connectivity index (χ2v) is 18.1. The summed E-state index contributed by atoms with van der Waals surface area (Å²) in [5, 5.41) is 0. The molecular weight excluding hydrogens is 621 g/mol. The Morgan fingerprint density at radius 3 is 1.94 bits per heavy atom. The normalized spacial score (nSPS) is 19.6. The van der Waals surface area contributed by atoms with E-state index in [1.54, 1.807) is 0 Å². The predicted octanol–water partition coefficient (Wildman–Crippen LogP) is 13.3. The fourth-order valence-corrected chi connectivity index (χ4v) is 7.84. The van der Waals surface area contributed by atoms with Gasteiger partial charge in [-0.25, -0.2) is 4.99 Å². The van der Waals surface area contributed by atoms with Crippen molar-refractivity contribution in [1.82, 2.24) is 4.57 Å². The molecule has 0 N–H and O–H groups in total. The van der Waals surface area contributed by atoms with Crippen LogP contribution >= 0.6 is 0 Å². The van der Waals surface area contributed by atoms with Crippen molar-refractivity contribution in [2.75, 3.05) is 0 Å². The van der Waals surface area contributed by atoms with Gasteiger partial charge in [-0.1, -0.05) is 150 Å². The standard InChI is InChI=1S/C48H64N2O/c1-13-21-34-22-20-25-37-38(14-2)48(12,35-23-16-15-17-24-35)28-26-42(41(49-43(34)37)27-31-50-29-18-19-30-50)51-44-39(46(6,7)8)32-36(45(3,4)5)33-40(44)47(9,10)11/h15-20,22-26,29-30,32-33,38H,13-14,21,27-28,31H2,1-12H3/b42-26-,49-41?. The molecule has 0 aliphatic carbocycles. The van der Waals surface area contributed by atoms with Gasteiger partial charge in [0.2, 0.25) is 0 Å². The molecule has 0 saturated carbocycles. The highest BCUT2D eigenvalue weighted by Gasteiger charge is 2.39. The van der Waals surface area contributed by atoms with Gasteiger partial charge in [-0.15, -0.1) is 0 Å². The van der Waals surface area contributed by atoms with Gasteiger partial charge in [-0.05, 0) is 81.9 Å². The molecule has 3 heteroatoms. The van der Waals surface area contributed by atoms with Gasteiger partial charge in [0.05, 0.1) is 11.4 Å². The number of rotatable bonds is 9. The lowest BCUT2D eigenvalue weighted by Crippen LogP contribution is -2.30. The number of hydrogen-bond acceptors (Lipinski definition) is 2. The minimum Gasteiger partial charge on any atom is -0.455 e. The number of aryl methyl sites for hydroxylation is 2. The minimum atomic E-state index is -0.175. The lowest BCUT2D eigenvalue weighted by molar-refractivity contribution is 0.361. The molecule has 51 heavy (non-hydrogen) atoms. The number of aromatic nitrogens is 1. The Balaban J connectivity index is 1.84. The van der Waals surface area contributed by atoms with E-state index in [1.165, 1.54) is 33.4 Å². The van der Waals surface area contributed by atoms with Crippen LogP contribution in [-0.4, -0.2) is 10.3 Å². The van der Waals surface area contributed by atoms with Crippen LogP contribution in [0.15, 0.2) is 102 Å². The molecule has 2 unspecified atom stereocenters. The Kier molecular flexibility index (Phi) is 11.3. The van der Waals surface area contributed by atoms with Crippen molar-refractivity contribution in [1.29, 1.82) is 0 Å². The first-order chi connectivity index (χ1) is 24.0. The zero-order chi connectivity index (χ0) is 37.2. The van der Waals surface area contributed by atoms with Crippen LogP contribution in [0.3, 0.4) is 0 Å². The van der Waals surface area contributed by atoms with E-state index in [0.717, 1.165) is 61.6 Å². The number of aliphatic imine (C=N–C) groups is 1. The highest BCUT2D eigenvalue weighted by atomic mass is 16.5. The van der Waals surface area contributed by atoms with Crippen molar-refractivity contribution < 1.29 is 4.74 Å². The maximum Gasteiger partial charge on any atom is 0.145 e. The molecule has 1 aliphatic rings. The van der Waals surface area contributed by atoms with E-state index >= 15 is 0 Å². The Bertz CT molecular complexity index is 1800. The smallest absolute Gasteiger partial charge is 0.145 e. The van der Waals surface area contributed by atoms with Gasteiger partial charge in [0.15, 0.2) is 0 Å². The van der Waals surface area contributed by atoms with Crippen molar-refractivity contribution in [3.8, 4) is 5.75 Å². The number of allylic oxidation sites excluding steroid dienone is 2. The van der Waals surface area contributed by atoms with Crippen molar-refractivity contribution in [3.05, 3.63) is 130 Å². The largest absolute Gasteiger partial charge is 0.455 e. The molecule has 1 aliphatic heterocycles. The lowest BCUT2D eigenvalue weighted by Gasteiger charge is -2.38. The van der Waals surface area contributed by atoms with Crippen LogP contribution in [0.25, 0.3) is 0 Å². The van der Waals surface area contributed by atoms with Crippen molar-refractivity contribution in [2.24, 2.45) is 4.99 Å². The second kappa shape index (κ2) is 15.0. The summed E-state index contributed by atoms with van der Waals surface area (Å²) >= 11 is 0. The Hall–Kier alpha value is -3.85. The molecular formula is C48H64N2O. The molecule has 0 bridgehead atoms. The number of ether oxygens (including phenoxy) is 1. The number of para-hydroxylation sites is 1. The van der Waals surface area contributed by atoms with Crippen LogP contribution in [0.2, 0.25) is 0 Å². The van der Waals surface area contributed by atoms with E-state index in [2.05, 4.69) is 179 Å². The Labute approximate surface area is 310 Å². The van der Waals surface area contributed by atoms with Crippen LogP contribution in [-0.2, 0) is 34.6 Å². The summed E-state index contributed by atoms with van der Waals surface area (Å²) in [5.41, 5.74) is 9.58. The molecule has 5 rings (SSSR count). The summed E-state index contributed by atoms with van der Waals surface area (Å²) < 4.78 is 9.80. The first kappa shape index (κ1) is 38.4. The summed E-state index contributed by atoms with van der Waals surface area (Å²) in [6.45, 7) is 28.8. The van der Waals surface area contributed by atoms with Gasteiger partial charge >= 0.3 is 0 Å². The average Bonchev–Trinajstić information content (AvgIpc) is 3.60. The van der Waals surface area contributed by atoms with Crippen LogP contribution < -0.4 is 4.74 Å². The quantitative estimate of drug-likeness (QED) is 0.172. The monoisotopic (exact) mass is 685 g/mol. The first-order valence-electron chi connectivity index (χ1n) is 19.4. The van der Waals surface area contributed by atoms with Crippen LogP contribution in [0.1, 0.15) is 148 Å². The average molecular weight is 685 g/mol. The molecule has 3 nitrogen and oxygen atoms in total. The minimum absolute atomic E-state index is 0.00534. The fourth-order valence-electron chi connectivity index (χ4n) is 7.84. The number of hydrogen-bond donors (Lipinski definition) is 0. The van der Waals surface area contributed by atoms with E-state index in [4.69, 9.17) is 9.73 Å². The molecule has 0 fully saturated rings. The summed E-state index contributed by atoms with van der Waals surface area (Å²) in [5.74, 6) is 2.15. The number of fused-ring (bicyclic) bond motifs is 1. The van der Waals surface area contributed by atoms with Crippen LogP contribution in [0, 0.1) is 0 Å². The Morgan fingerprint density at radius 2 is 1.39 bits per heavy atom. The molecule has 2 atom stereocenters. The molecule has 4 aromatic rings. The number of nitrogens with zero attached hydrogens (tertiary/aromatic N) is 2. The SMILES string of the molecule is CCCc1cccc2c1N=C(CCn1cccc1)/C(Oc1c(C(C)(C)C)cc(C(C)(C)C)cc1C(C)(C)C)=C/CC(C)(c1ccccc1)C2CC. The molecule has 0 radical (unpaired) electrons. The van der Waals surface area contributed by atoms with E-state index in [0.29, 0.717) is 0 Å². The highest BCUT2D eigenvalue weighted by molar-refractivity contribution is 6.01. The van der Waals surface area contributed by atoms with Gasteiger partial charge in [-0.2, -0.15) is 0 Å². The predicted molar refractivity (Wildman–Crippen MR) is 219 cm³/mol. The van der Waals surface area contributed by atoms with Gasteiger partial charge in [0, 0.05) is 41.9 Å². The molecule has 3 aromatic carbocycles. The summed E-state index contributed by atoms with van der Waals surface area (Å²) in [4.78, 5) is 5.76. The molecule has 0 saturated heterocycles. The summed E-state index contributed by atoms with van der Waals surface area (Å²) in [6, 6.07) is 27.1. The molecule has 0 spiro atoms. The molecule has 272 valence electrons. The van der Waals surface area contributed by atoms with Crippen molar-refractivity contribution in [2.45, 2.75) is 149 Å². The maximum absolute atomic E-state index is 7.55. The van der Waals surface area contributed by atoms with Gasteiger partial charge in [-0.3, -0.25) is 0 Å². The van der Waals surface area contributed by atoms with Gasteiger partial charge < -0.3 is 9.30 Å². The third-order valence-electron chi connectivity index (χ3n) is 11.0. The summed E-state index contributed by atoms with van der Waals surface area (Å²) in [7, 11) is 0. The summed E-state index contributed by atoms with van der Waals surface area (Å²) in [6.07, 6.45) is 11.4. The Morgan fingerprint density at radius 1 is 0.765 bits per heavy atom. The van der Waals surface area contributed by atoms with E-state index in [-0.39, 0.29) is 27.6 Å². The molecule has 1 aromatic heterocycles. The number of benzene rings is 3. The van der Waals surface area contributed by atoms with Gasteiger partial charge in [0.1, 0.15) is 11.5 Å². The first-order valence-corrected chi connectivity index (χ1v) is 19.4. The van der Waals surface area contributed by atoms with Gasteiger partial charge in [0.25, 0.3) is 0 Å². The zero-order valence-electron chi connectivity index (χ0n) is 33.8. The highest BCUT2D eigenvalue weighted by Crippen LogP contribution is 2.50. The second-order valence-electron chi connectivity index (χ2n) is 18.1. The molecule has 2 heterocycles. The molecule has 0 amide bonds. The zero-order valence-corrected chi connectivity index (χ0v) is 33.8. The van der Waals surface area contributed by atoms with E-state index < -0.39 is 0 Å². The maximum atomic E-state index is 7.55. The van der Waals surface area contributed by atoms with E-state index in [9.17, 15) is 0 Å². The van der Waals surface area contributed by atoms with Crippen molar-refractivity contribution >= 4 is 11.4 Å². The third-order valence-corrected chi connectivity index (χ3v) is 11.0.